The van der Waals surface area contributed by atoms with Crippen LogP contribution in [0.15, 0.2) is 481 Å². The second-order valence-corrected chi connectivity index (χ2v) is 42.8. The highest BCUT2D eigenvalue weighted by Crippen LogP contribution is 2.57. The van der Waals surface area contributed by atoms with Gasteiger partial charge in [0.1, 0.15) is 67.0 Å². The van der Waals surface area contributed by atoms with Crippen LogP contribution in [-0.2, 0) is 0 Å². The van der Waals surface area contributed by atoms with Gasteiger partial charge in [-0.2, -0.15) is 0 Å². The molecule has 33 aromatic rings. The third kappa shape index (κ3) is 13.1. The van der Waals surface area contributed by atoms with Gasteiger partial charge in [0, 0.05) is 202 Å². The molecule has 0 bridgehead atoms. The highest BCUT2D eigenvalue weighted by Gasteiger charge is 2.31. The van der Waals surface area contributed by atoms with Crippen molar-refractivity contribution in [2.45, 2.75) is 0 Å². The average molecular weight is 1960 g/mol. The van der Waals surface area contributed by atoms with E-state index in [4.69, 9.17) is 26.5 Å². The van der Waals surface area contributed by atoms with Crippen molar-refractivity contribution in [1.29, 1.82) is 0 Å². The van der Waals surface area contributed by atoms with E-state index in [0.717, 1.165) is 199 Å². The molecule has 9 nitrogen and oxygen atoms in total. The van der Waals surface area contributed by atoms with Crippen molar-refractivity contribution < 1.29 is 26.5 Å². The fourth-order valence-electron chi connectivity index (χ4n) is 22.6. The highest BCUT2D eigenvalue weighted by molar-refractivity contribution is 7.27. The van der Waals surface area contributed by atoms with E-state index in [1.165, 1.54) is 107 Å². The Kier molecular flexibility index (Phi) is 18.6. The largest absolute Gasteiger partial charge is 0.456 e. The summed E-state index contributed by atoms with van der Waals surface area (Å²) in [5.41, 5.74) is 24.8. The van der Waals surface area contributed by atoms with Crippen molar-refractivity contribution >= 4 is 340 Å². The van der Waals surface area contributed by atoms with Gasteiger partial charge in [-0.3, -0.25) is 0 Å². The van der Waals surface area contributed by atoms with Gasteiger partial charge in [-0.1, -0.05) is 273 Å². The van der Waals surface area contributed by atoms with E-state index in [9.17, 15) is 0 Å². The number of hydrogen-bond donors (Lipinski definition) is 0. The van der Waals surface area contributed by atoms with Crippen LogP contribution in [0.5, 0.6) is 0 Å². The number of para-hydroxylation sites is 5. The molecule has 0 aliphatic rings. The monoisotopic (exact) mass is 1960 g/mol. The SMILES string of the molecule is c1ccc(-c2ccc(N(c3ccc4c(c3)oc3cc(-c5ccccc5)ccc34)c3cc4sc5ccccc5c4c4oc5ccccc5c34)cc2)cc1.c1ccc2c(c1)oc1c2c(N(c2ccc3c(c2)sc2ccccc23)c2ccc3c(c2)sc2ccccc23)cc2sc3ccccc3c21.c1ccc2c(c1)oc1cc(N(c3ccc4c(c3)oc3ccccc34)c3cc4sc5ccccc5c4c4oc5ccccc5c34)ccc12. The van der Waals surface area contributed by atoms with Crippen molar-refractivity contribution in [1.82, 2.24) is 0 Å². The van der Waals surface area contributed by atoms with Gasteiger partial charge in [0.2, 0.25) is 0 Å². The van der Waals surface area contributed by atoms with Gasteiger partial charge < -0.3 is 41.2 Å². The van der Waals surface area contributed by atoms with Crippen LogP contribution in [0.4, 0.5) is 51.2 Å². The molecule has 33 rings (SSSR count). The molecule has 0 amide bonds. The number of furan rings is 6. The van der Waals surface area contributed by atoms with E-state index in [1.54, 1.807) is 11.3 Å². The lowest BCUT2D eigenvalue weighted by Gasteiger charge is -2.26. The summed E-state index contributed by atoms with van der Waals surface area (Å²) in [6.07, 6.45) is 0. The molecule has 11 aromatic heterocycles. The van der Waals surface area contributed by atoms with Crippen LogP contribution >= 0.6 is 56.7 Å². The molecule has 14 heteroatoms. The molecule has 0 fully saturated rings. The Morgan fingerprint density at radius 1 is 0.130 bits per heavy atom. The molecule has 0 saturated heterocycles. The maximum atomic E-state index is 6.80. The first-order chi connectivity index (χ1) is 72.3. The number of nitrogens with zero attached hydrogens (tertiary/aromatic N) is 3. The Balaban J connectivity index is 0.0000000996. The molecule has 0 spiro atoms. The number of thiophene rings is 5. The van der Waals surface area contributed by atoms with Gasteiger partial charge in [-0.25, -0.2) is 0 Å². The standard InChI is InChI=1S/C48H29NO2S.C42H23NO3S.C42H23NOS3/c1-3-11-30(12-4-1)32-19-22-34(23-20-32)49(35-24-26-37-36-25-21-33(31-13-5-2-6-14-31)27-42(36)50-43(37)28-35)40-29-45-47(39-16-8-10-18-44(39)52-45)48-46(40)38-15-7-9-17-41(38)51-48;1-5-13-33-26(9-1)28-19-17-24(21-36(28)44-33)43(25-18-20-29-27-10-2-6-14-34(27)45-37(29)22-25)32-23-39-41(31-12-4-8-16-38(31)47-39)42-40(32)30-11-3-7-15-35(30)46-42;1-5-13-33-30(11-1)40-32(23-39-41(42(40)44-33)31-12-4-8-16-36(31)47-39)43(24-17-19-28-26-9-2-6-14-34(26)45-37(28)21-24)25-18-20-29-27-10-3-7-15-35(27)46-38(29)22-25/h1-29H;2*1-23H. The van der Waals surface area contributed by atoms with E-state index in [2.05, 4.69) is 427 Å². The summed E-state index contributed by atoms with van der Waals surface area (Å²) in [4.78, 5) is 7.15. The van der Waals surface area contributed by atoms with Crippen molar-refractivity contribution in [3.05, 3.63) is 455 Å². The number of fused-ring (bicyclic) bond motifs is 36. The summed E-state index contributed by atoms with van der Waals surface area (Å²) in [6.45, 7) is 0. The van der Waals surface area contributed by atoms with Crippen LogP contribution in [0.25, 0.3) is 255 Å². The minimum Gasteiger partial charge on any atom is -0.456 e. The Hall–Kier alpha value is -17.9. The first-order valence-electron chi connectivity index (χ1n) is 48.8. The second-order valence-electron chi connectivity index (χ2n) is 37.4. The van der Waals surface area contributed by atoms with Crippen molar-refractivity contribution in [3.8, 4) is 22.3 Å². The normalized spacial score (nSPS) is 12.1. The maximum Gasteiger partial charge on any atom is 0.146 e. The van der Waals surface area contributed by atoms with Crippen LogP contribution in [0.2, 0.25) is 0 Å². The quantitative estimate of drug-likeness (QED) is 0.126. The zero-order chi connectivity index (χ0) is 95.5. The fourth-order valence-corrected chi connectivity index (χ4v) is 28.3. The van der Waals surface area contributed by atoms with Gasteiger partial charge in [0.25, 0.3) is 0 Å². The number of benzene rings is 22. The lowest BCUT2D eigenvalue weighted by atomic mass is 10.0. The molecule has 0 radical (unpaired) electrons. The van der Waals surface area contributed by atoms with Gasteiger partial charge in [0.15, 0.2) is 0 Å². The third-order valence-electron chi connectivity index (χ3n) is 29.2. The highest BCUT2D eigenvalue weighted by atomic mass is 32.1. The Bertz CT molecular complexity index is 10600. The van der Waals surface area contributed by atoms with E-state index < -0.39 is 0 Å². The first-order valence-corrected chi connectivity index (χ1v) is 52.9. The lowest BCUT2D eigenvalue weighted by Crippen LogP contribution is -2.10. The number of hydrogen-bond acceptors (Lipinski definition) is 14. The van der Waals surface area contributed by atoms with Crippen LogP contribution in [0, 0.1) is 0 Å². The number of anilines is 9. The molecule has 0 aliphatic heterocycles. The topological polar surface area (TPSA) is 88.6 Å². The molecule has 0 unspecified atom stereocenters. The minimum atomic E-state index is 0.842. The summed E-state index contributed by atoms with van der Waals surface area (Å²) in [5.74, 6) is 0. The molecule has 146 heavy (non-hydrogen) atoms. The second kappa shape index (κ2) is 32.9. The summed E-state index contributed by atoms with van der Waals surface area (Å²) in [7, 11) is 0. The summed E-state index contributed by atoms with van der Waals surface area (Å²) < 4.78 is 52.4. The van der Waals surface area contributed by atoms with Crippen molar-refractivity contribution in [2.24, 2.45) is 0 Å². The van der Waals surface area contributed by atoms with E-state index in [1.807, 2.05) is 87.8 Å². The van der Waals surface area contributed by atoms with Crippen LogP contribution < -0.4 is 14.7 Å². The van der Waals surface area contributed by atoms with Crippen LogP contribution in [-0.4, -0.2) is 0 Å². The van der Waals surface area contributed by atoms with E-state index in [-0.39, 0.29) is 0 Å². The van der Waals surface area contributed by atoms with Crippen molar-refractivity contribution in [2.75, 3.05) is 14.7 Å². The smallest absolute Gasteiger partial charge is 0.146 e. The molecule has 0 N–H and O–H groups in total. The fraction of sp³-hybridized carbons (Fsp3) is 0. The first kappa shape index (κ1) is 82.8. The zero-order valence-electron chi connectivity index (χ0n) is 77.6. The lowest BCUT2D eigenvalue weighted by molar-refractivity contribution is 0.668. The van der Waals surface area contributed by atoms with Crippen LogP contribution in [0.1, 0.15) is 0 Å². The zero-order valence-corrected chi connectivity index (χ0v) is 81.7. The molecule has 0 atom stereocenters. The van der Waals surface area contributed by atoms with Gasteiger partial charge in [-0.05, 0) is 186 Å². The Labute approximate surface area is 851 Å². The molecule has 0 saturated carbocycles. The Morgan fingerprint density at radius 2 is 0.363 bits per heavy atom. The molecular formula is C132H75N3O6S5. The van der Waals surface area contributed by atoms with Gasteiger partial charge >= 0.3 is 0 Å². The predicted molar refractivity (Wildman–Crippen MR) is 622 cm³/mol. The van der Waals surface area contributed by atoms with Crippen molar-refractivity contribution in [3.63, 3.8) is 0 Å². The van der Waals surface area contributed by atoms with Gasteiger partial charge in [0.05, 0.1) is 33.2 Å². The molecule has 0 aliphatic carbocycles. The molecular weight excluding hydrogens is 1880 g/mol. The molecule has 684 valence electrons. The summed E-state index contributed by atoms with van der Waals surface area (Å²) in [5, 5.41) is 25.6. The predicted octanol–water partition coefficient (Wildman–Crippen LogP) is 42.0. The summed E-state index contributed by atoms with van der Waals surface area (Å²) in [6, 6.07) is 162. The number of rotatable bonds is 11. The van der Waals surface area contributed by atoms with E-state index >= 15 is 0 Å². The Morgan fingerprint density at radius 3 is 0.740 bits per heavy atom. The van der Waals surface area contributed by atoms with Crippen LogP contribution in [0.3, 0.4) is 0 Å². The third-order valence-corrected chi connectivity index (χ3v) is 34.8. The molecule has 22 aromatic carbocycles. The van der Waals surface area contributed by atoms with E-state index in [0.29, 0.717) is 0 Å². The minimum absolute atomic E-state index is 0.842. The summed E-state index contributed by atoms with van der Waals surface area (Å²) >= 11 is 9.16. The average Bonchev–Trinajstić information content (AvgIpc) is 1.56. The molecule has 11 heterocycles. The van der Waals surface area contributed by atoms with Gasteiger partial charge in [-0.15, -0.1) is 56.7 Å². The maximum absolute atomic E-state index is 6.80.